The largest absolute Gasteiger partial charge is 0.322 e. The van der Waals surface area contributed by atoms with Gasteiger partial charge < -0.3 is 5.73 Å². The first-order chi connectivity index (χ1) is 7.10. The number of halogens is 2. The second kappa shape index (κ2) is 5.69. The van der Waals surface area contributed by atoms with Crippen molar-refractivity contribution in [3.63, 3.8) is 0 Å². The van der Waals surface area contributed by atoms with Gasteiger partial charge in [0.15, 0.2) is 0 Å². The topological polar surface area (TPSA) is 38.9 Å². The number of aromatic nitrogens is 1. The first-order valence-electron chi connectivity index (χ1n) is 5.16. The smallest absolute Gasteiger partial charge is 0.0760 e. The third kappa shape index (κ3) is 3.07. The summed E-state index contributed by atoms with van der Waals surface area (Å²) in [5.41, 5.74) is 6.87. The van der Waals surface area contributed by atoms with Gasteiger partial charge in [0.25, 0.3) is 0 Å². The van der Waals surface area contributed by atoms with E-state index in [1.165, 1.54) is 0 Å². The van der Waals surface area contributed by atoms with Crippen LogP contribution in [0, 0.1) is 5.92 Å². The second-order valence-corrected chi connectivity index (χ2v) is 4.47. The highest BCUT2D eigenvalue weighted by atomic mass is 35.5. The van der Waals surface area contributed by atoms with Crippen LogP contribution >= 0.6 is 23.2 Å². The van der Waals surface area contributed by atoms with E-state index in [1.807, 2.05) is 0 Å². The molecule has 84 valence electrons. The molecule has 2 nitrogen and oxygen atoms in total. The summed E-state index contributed by atoms with van der Waals surface area (Å²) in [4.78, 5) is 4.21. The quantitative estimate of drug-likeness (QED) is 0.878. The van der Waals surface area contributed by atoms with Crippen LogP contribution < -0.4 is 5.73 Å². The van der Waals surface area contributed by atoms with E-state index in [0.29, 0.717) is 16.0 Å². The fourth-order valence-electron chi connectivity index (χ4n) is 1.69. The fourth-order valence-corrected chi connectivity index (χ4v) is 2.20. The molecule has 0 saturated heterocycles. The molecule has 1 aromatic rings. The van der Waals surface area contributed by atoms with Crippen LogP contribution in [0.2, 0.25) is 10.0 Å². The highest BCUT2D eigenvalue weighted by Crippen LogP contribution is 2.29. The van der Waals surface area contributed by atoms with E-state index in [9.17, 15) is 0 Å². The first-order valence-corrected chi connectivity index (χ1v) is 5.92. The third-order valence-corrected chi connectivity index (χ3v) is 3.22. The summed E-state index contributed by atoms with van der Waals surface area (Å²) in [6.07, 6.45) is 3.64. The Kier molecular flexibility index (Phi) is 4.84. The summed E-state index contributed by atoms with van der Waals surface area (Å²) in [5.74, 6) is 0.413. The number of nitrogens with zero attached hydrogens (tertiary/aromatic N) is 1. The van der Waals surface area contributed by atoms with Crippen molar-refractivity contribution in [1.82, 2.24) is 4.98 Å². The summed E-state index contributed by atoms with van der Waals surface area (Å²) in [7, 11) is 0. The summed E-state index contributed by atoms with van der Waals surface area (Å²) in [6.45, 7) is 4.25. The summed E-state index contributed by atoms with van der Waals surface area (Å²) < 4.78 is 0. The molecule has 1 heterocycles. The third-order valence-electron chi connectivity index (χ3n) is 2.71. The lowest BCUT2D eigenvalue weighted by atomic mass is 9.92. The molecule has 0 aliphatic rings. The van der Waals surface area contributed by atoms with Gasteiger partial charge in [-0.05, 0) is 12.0 Å². The average Bonchev–Trinajstić information content (AvgIpc) is 2.19. The molecule has 1 atom stereocenters. The first kappa shape index (κ1) is 12.8. The number of hydrogen-bond acceptors (Lipinski definition) is 2. The lowest BCUT2D eigenvalue weighted by Crippen LogP contribution is -2.21. The Labute approximate surface area is 101 Å². The SMILES string of the molecule is CCC(CC)C(N)c1ncc(Cl)cc1Cl. The van der Waals surface area contributed by atoms with Crippen LogP contribution in [0.1, 0.15) is 38.4 Å². The Bertz CT molecular complexity index is 324. The summed E-state index contributed by atoms with van der Waals surface area (Å²) in [6, 6.07) is 1.58. The van der Waals surface area contributed by atoms with Gasteiger partial charge in [0.1, 0.15) is 0 Å². The lowest BCUT2D eigenvalue weighted by Gasteiger charge is -2.21. The predicted octanol–water partition coefficient (Wildman–Crippen LogP) is 3.82. The van der Waals surface area contributed by atoms with Crippen LogP contribution in [0.15, 0.2) is 12.3 Å². The molecule has 0 aliphatic carbocycles. The molecule has 0 amide bonds. The Hall–Kier alpha value is -0.310. The zero-order valence-electron chi connectivity index (χ0n) is 9.00. The van der Waals surface area contributed by atoms with Gasteiger partial charge in [-0.3, -0.25) is 4.98 Å². The Morgan fingerprint density at radius 2 is 1.93 bits per heavy atom. The molecular formula is C11H16Cl2N2. The Morgan fingerprint density at radius 3 is 2.40 bits per heavy atom. The van der Waals surface area contributed by atoms with Crippen molar-refractivity contribution in [2.75, 3.05) is 0 Å². The van der Waals surface area contributed by atoms with Gasteiger partial charge >= 0.3 is 0 Å². The molecule has 0 fully saturated rings. The summed E-state index contributed by atoms with van der Waals surface area (Å²) >= 11 is 11.8. The fraction of sp³-hybridized carbons (Fsp3) is 0.545. The van der Waals surface area contributed by atoms with Crippen LogP contribution in [0.4, 0.5) is 0 Å². The zero-order chi connectivity index (χ0) is 11.4. The van der Waals surface area contributed by atoms with Gasteiger partial charge in [-0.15, -0.1) is 0 Å². The van der Waals surface area contributed by atoms with Gasteiger partial charge in [0.2, 0.25) is 0 Å². The molecule has 0 bridgehead atoms. The number of pyridine rings is 1. The van der Waals surface area contributed by atoms with Crippen LogP contribution in [0.25, 0.3) is 0 Å². The van der Waals surface area contributed by atoms with Crippen molar-refractivity contribution in [1.29, 1.82) is 0 Å². The minimum Gasteiger partial charge on any atom is -0.322 e. The van der Waals surface area contributed by atoms with Gasteiger partial charge in [-0.25, -0.2) is 0 Å². The molecule has 0 saturated carbocycles. The molecule has 1 unspecified atom stereocenters. The van der Waals surface area contributed by atoms with Gasteiger partial charge in [-0.1, -0.05) is 49.9 Å². The van der Waals surface area contributed by atoms with Gasteiger partial charge in [0.05, 0.1) is 21.8 Å². The standard InChI is InChI=1S/C11H16Cl2N2/c1-3-7(4-2)10(14)11-9(13)5-8(12)6-15-11/h5-7,10H,3-4,14H2,1-2H3. The molecule has 2 N–H and O–H groups in total. The van der Waals surface area contributed by atoms with Crippen LogP contribution in [0.5, 0.6) is 0 Å². The molecular weight excluding hydrogens is 231 g/mol. The average molecular weight is 247 g/mol. The maximum atomic E-state index is 6.12. The molecule has 1 rings (SSSR count). The van der Waals surface area contributed by atoms with Crippen molar-refractivity contribution in [3.8, 4) is 0 Å². The van der Waals surface area contributed by atoms with Crippen molar-refractivity contribution >= 4 is 23.2 Å². The molecule has 4 heteroatoms. The van der Waals surface area contributed by atoms with Crippen LogP contribution in [-0.2, 0) is 0 Å². The number of nitrogens with two attached hydrogens (primary N) is 1. The van der Waals surface area contributed by atoms with E-state index in [1.54, 1.807) is 12.3 Å². The van der Waals surface area contributed by atoms with E-state index < -0.39 is 0 Å². The van der Waals surface area contributed by atoms with Crippen molar-refractivity contribution in [2.24, 2.45) is 11.7 Å². The van der Waals surface area contributed by atoms with E-state index >= 15 is 0 Å². The number of rotatable bonds is 4. The minimum atomic E-state index is -0.107. The van der Waals surface area contributed by atoms with Crippen molar-refractivity contribution in [2.45, 2.75) is 32.7 Å². The molecule has 0 spiro atoms. The zero-order valence-corrected chi connectivity index (χ0v) is 10.5. The highest BCUT2D eigenvalue weighted by molar-refractivity contribution is 6.34. The van der Waals surface area contributed by atoms with E-state index in [0.717, 1.165) is 18.5 Å². The van der Waals surface area contributed by atoms with E-state index in [2.05, 4.69) is 18.8 Å². The maximum Gasteiger partial charge on any atom is 0.0760 e. The molecule has 0 aromatic carbocycles. The molecule has 15 heavy (non-hydrogen) atoms. The van der Waals surface area contributed by atoms with Crippen LogP contribution in [-0.4, -0.2) is 4.98 Å². The van der Waals surface area contributed by atoms with Crippen LogP contribution in [0.3, 0.4) is 0 Å². The normalized spacial score (nSPS) is 13.2. The monoisotopic (exact) mass is 246 g/mol. The Balaban J connectivity index is 2.94. The minimum absolute atomic E-state index is 0.107. The Morgan fingerprint density at radius 1 is 1.33 bits per heavy atom. The lowest BCUT2D eigenvalue weighted by molar-refractivity contribution is 0.399. The van der Waals surface area contributed by atoms with Crippen molar-refractivity contribution in [3.05, 3.63) is 28.0 Å². The number of hydrogen-bond donors (Lipinski definition) is 1. The van der Waals surface area contributed by atoms with Gasteiger partial charge in [0, 0.05) is 6.20 Å². The van der Waals surface area contributed by atoms with E-state index in [-0.39, 0.29) is 6.04 Å². The summed E-state index contributed by atoms with van der Waals surface area (Å²) in [5, 5.41) is 1.10. The second-order valence-electron chi connectivity index (χ2n) is 3.62. The molecule has 1 aromatic heterocycles. The molecule has 0 aliphatic heterocycles. The highest BCUT2D eigenvalue weighted by Gasteiger charge is 2.19. The predicted molar refractivity (Wildman–Crippen MR) is 65.3 cm³/mol. The molecule has 0 radical (unpaired) electrons. The van der Waals surface area contributed by atoms with Gasteiger partial charge in [-0.2, -0.15) is 0 Å². The maximum absolute atomic E-state index is 6.12. The van der Waals surface area contributed by atoms with Crippen molar-refractivity contribution < 1.29 is 0 Å². The van der Waals surface area contributed by atoms with E-state index in [4.69, 9.17) is 28.9 Å².